The molecule has 3 rings (SSSR count). The van der Waals surface area contributed by atoms with Crippen LogP contribution in [-0.2, 0) is 0 Å². The molecule has 0 bridgehead atoms. The summed E-state index contributed by atoms with van der Waals surface area (Å²) in [7, 11) is 0. The van der Waals surface area contributed by atoms with Crippen LogP contribution in [0, 0.1) is 11.3 Å². The zero-order valence-electron chi connectivity index (χ0n) is 15.1. The topological polar surface area (TPSA) is 44.5 Å². The molecule has 4 heteroatoms. The zero-order valence-corrected chi connectivity index (χ0v) is 15.1. The van der Waals surface area contributed by atoms with E-state index in [1.807, 2.05) is 0 Å². The largest absolute Gasteiger partial charge is 0.325 e. The van der Waals surface area contributed by atoms with E-state index in [9.17, 15) is 0 Å². The van der Waals surface area contributed by atoms with Crippen LogP contribution in [0.4, 0.5) is 0 Å². The molecule has 0 aliphatic carbocycles. The highest BCUT2D eigenvalue weighted by atomic mass is 15.3. The third-order valence-electron chi connectivity index (χ3n) is 6.56. The van der Waals surface area contributed by atoms with Crippen LogP contribution in [0.1, 0.15) is 47.0 Å². The number of piperidine rings is 1. The van der Waals surface area contributed by atoms with Gasteiger partial charge in [0.15, 0.2) is 0 Å². The van der Waals surface area contributed by atoms with Crippen molar-refractivity contribution < 1.29 is 0 Å². The Morgan fingerprint density at radius 2 is 1.68 bits per heavy atom. The maximum absolute atomic E-state index is 6.79. The normalized spacial score (nSPS) is 29.9. The lowest BCUT2D eigenvalue weighted by Crippen LogP contribution is -2.75. The van der Waals surface area contributed by atoms with Crippen molar-refractivity contribution in [1.82, 2.24) is 15.1 Å². The van der Waals surface area contributed by atoms with Gasteiger partial charge in [0.1, 0.15) is 0 Å². The Hall–Kier alpha value is -0.160. The molecule has 1 spiro atoms. The number of nitrogens with two attached hydrogens (primary N) is 1. The van der Waals surface area contributed by atoms with Gasteiger partial charge in [-0.2, -0.15) is 0 Å². The minimum atomic E-state index is -0.0383. The van der Waals surface area contributed by atoms with Crippen LogP contribution in [0.5, 0.6) is 0 Å². The molecule has 0 amide bonds. The number of hydrogen-bond donors (Lipinski definition) is 2. The maximum Gasteiger partial charge on any atom is 0.0212 e. The lowest BCUT2D eigenvalue weighted by Gasteiger charge is -2.64. The van der Waals surface area contributed by atoms with Gasteiger partial charge in [0, 0.05) is 42.7 Å². The van der Waals surface area contributed by atoms with Crippen molar-refractivity contribution in [2.45, 2.75) is 58.0 Å². The van der Waals surface area contributed by atoms with E-state index in [-0.39, 0.29) is 11.1 Å². The first kappa shape index (κ1) is 16.7. The minimum Gasteiger partial charge on any atom is -0.325 e. The van der Waals surface area contributed by atoms with Gasteiger partial charge >= 0.3 is 0 Å². The number of hydrogen-bond acceptors (Lipinski definition) is 4. The van der Waals surface area contributed by atoms with E-state index in [4.69, 9.17) is 5.73 Å². The Kier molecular flexibility index (Phi) is 4.35. The molecule has 1 unspecified atom stereocenters. The summed E-state index contributed by atoms with van der Waals surface area (Å²) in [5.41, 5.74) is 7.60. The molecule has 0 radical (unpaired) electrons. The monoisotopic (exact) mass is 308 g/mol. The Labute approximate surface area is 136 Å². The standard InChI is InChI=1S/C18H36N4/c1-5-21-11-18(12-21)13-22(14-18)16(2,3)10-17(4,19)15-6-8-20-9-7-15/h15,20H,5-14,19H2,1-4H3. The molecule has 3 N–H and O–H groups in total. The fourth-order valence-corrected chi connectivity index (χ4v) is 5.19. The van der Waals surface area contributed by atoms with Gasteiger partial charge in [-0.25, -0.2) is 0 Å². The van der Waals surface area contributed by atoms with E-state index < -0.39 is 0 Å². The van der Waals surface area contributed by atoms with E-state index in [1.54, 1.807) is 0 Å². The first-order valence-corrected chi connectivity index (χ1v) is 9.23. The third-order valence-corrected chi connectivity index (χ3v) is 6.56. The SMILES string of the molecule is CCN1CC2(C1)CN(C(C)(C)CC(C)(N)C1CCNCC1)C2. The number of likely N-dealkylation sites (tertiary alicyclic amines) is 2. The van der Waals surface area contributed by atoms with E-state index in [2.05, 4.69) is 42.8 Å². The van der Waals surface area contributed by atoms with E-state index in [0.29, 0.717) is 11.3 Å². The van der Waals surface area contributed by atoms with Crippen molar-refractivity contribution in [3.05, 3.63) is 0 Å². The highest BCUT2D eigenvalue weighted by molar-refractivity contribution is 5.10. The van der Waals surface area contributed by atoms with Gasteiger partial charge in [0.2, 0.25) is 0 Å². The molecule has 1 atom stereocenters. The maximum atomic E-state index is 6.79. The summed E-state index contributed by atoms with van der Waals surface area (Å²) >= 11 is 0. The summed E-state index contributed by atoms with van der Waals surface area (Å²) in [5.74, 6) is 0.669. The molecule has 128 valence electrons. The van der Waals surface area contributed by atoms with Crippen molar-refractivity contribution in [2.75, 3.05) is 45.8 Å². The van der Waals surface area contributed by atoms with E-state index in [1.165, 1.54) is 45.6 Å². The van der Waals surface area contributed by atoms with Gasteiger partial charge in [-0.15, -0.1) is 0 Å². The van der Waals surface area contributed by atoms with Gasteiger partial charge in [0.05, 0.1) is 0 Å². The molecular formula is C18H36N4. The molecule has 3 aliphatic rings. The molecule has 3 fully saturated rings. The van der Waals surface area contributed by atoms with Crippen LogP contribution in [0.2, 0.25) is 0 Å². The van der Waals surface area contributed by atoms with Crippen LogP contribution in [-0.4, -0.2) is 66.7 Å². The van der Waals surface area contributed by atoms with Crippen molar-refractivity contribution in [2.24, 2.45) is 17.1 Å². The molecule has 4 nitrogen and oxygen atoms in total. The Bertz CT molecular complexity index is 384. The zero-order chi connectivity index (χ0) is 16.0. The first-order chi connectivity index (χ1) is 10.3. The van der Waals surface area contributed by atoms with Crippen LogP contribution < -0.4 is 11.1 Å². The summed E-state index contributed by atoms with van der Waals surface area (Å²) in [5, 5.41) is 3.46. The smallest absolute Gasteiger partial charge is 0.0212 e. The van der Waals surface area contributed by atoms with Gasteiger partial charge in [-0.05, 0) is 65.6 Å². The molecule has 3 heterocycles. The molecule has 0 saturated carbocycles. The lowest BCUT2D eigenvalue weighted by atomic mass is 9.67. The van der Waals surface area contributed by atoms with Crippen LogP contribution in [0.25, 0.3) is 0 Å². The number of nitrogens with one attached hydrogen (secondary N) is 1. The Morgan fingerprint density at radius 1 is 1.09 bits per heavy atom. The molecule has 22 heavy (non-hydrogen) atoms. The summed E-state index contributed by atoms with van der Waals surface area (Å²) in [6.07, 6.45) is 3.58. The average molecular weight is 309 g/mol. The highest BCUT2D eigenvalue weighted by Crippen LogP contribution is 2.45. The Morgan fingerprint density at radius 3 is 2.23 bits per heavy atom. The van der Waals surface area contributed by atoms with Crippen LogP contribution >= 0.6 is 0 Å². The fourth-order valence-electron chi connectivity index (χ4n) is 5.19. The van der Waals surface area contributed by atoms with Gasteiger partial charge in [0.25, 0.3) is 0 Å². The predicted octanol–water partition coefficient (Wildman–Crippen LogP) is 1.51. The average Bonchev–Trinajstić information content (AvgIpc) is 2.35. The number of rotatable bonds is 5. The first-order valence-electron chi connectivity index (χ1n) is 9.23. The van der Waals surface area contributed by atoms with Crippen LogP contribution in [0.3, 0.4) is 0 Å². The second kappa shape index (κ2) is 5.73. The highest BCUT2D eigenvalue weighted by Gasteiger charge is 2.55. The van der Waals surface area contributed by atoms with Crippen LogP contribution in [0.15, 0.2) is 0 Å². The lowest BCUT2D eigenvalue weighted by molar-refractivity contribution is -0.151. The third kappa shape index (κ3) is 3.08. The van der Waals surface area contributed by atoms with Gasteiger partial charge in [-0.3, -0.25) is 4.90 Å². The summed E-state index contributed by atoms with van der Waals surface area (Å²) in [6.45, 7) is 18.0. The molecule has 3 saturated heterocycles. The molecule has 0 aromatic carbocycles. The van der Waals surface area contributed by atoms with Crippen molar-refractivity contribution in [3.63, 3.8) is 0 Å². The van der Waals surface area contributed by atoms with E-state index >= 15 is 0 Å². The molecular weight excluding hydrogens is 272 g/mol. The second-order valence-electron chi connectivity index (χ2n) is 9.18. The fraction of sp³-hybridized carbons (Fsp3) is 1.00. The summed E-state index contributed by atoms with van der Waals surface area (Å²) in [6, 6.07) is 0. The predicted molar refractivity (Wildman–Crippen MR) is 93.0 cm³/mol. The van der Waals surface area contributed by atoms with Crippen molar-refractivity contribution in [3.8, 4) is 0 Å². The van der Waals surface area contributed by atoms with Crippen molar-refractivity contribution in [1.29, 1.82) is 0 Å². The second-order valence-corrected chi connectivity index (χ2v) is 9.18. The number of nitrogens with zero attached hydrogens (tertiary/aromatic N) is 2. The molecule has 0 aromatic heterocycles. The molecule has 0 aromatic rings. The van der Waals surface area contributed by atoms with Gasteiger partial charge < -0.3 is 16.0 Å². The van der Waals surface area contributed by atoms with Crippen molar-refractivity contribution >= 4 is 0 Å². The minimum absolute atomic E-state index is 0.0383. The Balaban J connectivity index is 1.53. The van der Waals surface area contributed by atoms with E-state index in [0.717, 1.165) is 19.5 Å². The molecule has 3 aliphatic heterocycles. The quantitative estimate of drug-likeness (QED) is 0.808. The van der Waals surface area contributed by atoms with Gasteiger partial charge in [-0.1, -0.05) is 6.92 Å². The summed E-state index contributed by atoms with van der Waals surface area (Å²) < 4.78 is 0. The summed E-state index contributed by atoms with van der Waals surface area (Å²) in [4.78, 5) is 5.25.